The Balaban J connectivity index is 1.63. The normalized spacial score (nSPS) is 15.0. The second kappa shape index (κ2) is 8.14. The van der Waals surface area contributed by atoms with Crippen LogP contribution in [-0.2, 0) is 6.54 Å². The number of carbonyl (C=O) groups excluding carboxylic acids is 1. The van der Waals surface area contributed by atoms with Crippen LogP contribution in [0.5, 0.6) is 0 Å². The maximum Gasteiger partial charge on any atom is 0.292 e. The predicted molar refractivity (Wildman–Crippen MR) is 102 cm³/mol. The van der Waals surface area contributed by atoms with E-state index in [1.807, 2.05) is 6.07 Å². The summed E-state index contributed by atoms with van der Waals surface area (Å²) in [5, 5.41) is 19.7. The molecule has 1 saturated heterocycles. The van der Waals surface area contributed by atoms with E-state index in [1.165, 1.54) is 4.68 Å². The Hall–Kier alpha value is -3.67. The Morgan fingerprint density at radius 1 is 1.34 bits per heavy atom. The predicted octanol–water partition coefficient (Wildman–Crippen LogP) is 0.377. The van der Waals surface area contributed by atoms with Crippen molar-refractivity contribution in [3.8, 4) is 5.82 Å². The summed E-state index contributed by atoms with van der Waals surface area (Å²) in [6.45, 7) is 4.15. The Morgan fingerprint density at radius 3 is 2.86 bits per heavy atom. The van der Waals surface area contributed by atoms with Crippen molar-refractivity contribution in [2.45, 2.75) is 26.3 Å². The van der Waals surface area contributed by atoms with E-state index >= 15 is 0 Å². The Bertz CT molecular complexity index is 1020. The summed E-state index contributed by atoms with van der Waals surface area (Å²) in [5.41, 5.74) is 10.4. The molecule has 3 aromatic rings. The van der Waals surface area contributed by atoms with Crippen LogP contribution in [0.25, 0.3) is 5.82 Å². The van der Waals surface area contributed by atoms with Gasteiger partial charge in [-0.2, -0.15) is 9.78 Å². The van der Waals surface area contributed by atoms with E-state index in [1.54, 1.807) is 25.4 Å². The number of hydrogen-bond donors (Lipinski definition) is 2. The summed E-state index contributed by atoms with van der Waals surface area (Å²) in [5.74, 6) is -0.384. The first kappa shape index (κ1) is 18.7. The first-order chi connectivity index (χ1) is 14.1. The second-order valence-corrected chi connectivity index (χ2v) is 6.63. The highest BCUT2D eigenvalue weighted by Gasteiger charge is 2.27. The number of nitrogens with zero attached hydrogens (tertiary/aromatic N) is 8. The lowest BCUT2D eigenvalue weighted by atomic mass is 10.2. The molecule has 0 unspecified atom stereocenters. The third-order valence-electron chi connectivity index (χ3n) is 4.63. The Morgan fingerprint density at radius 2 is 2.17 bits per heavy atom. The minimum absolute atomic E-state index is 0.00622. The van der Waals surface area contributed by atoms with E-state index in [4.69, 9.17) is 5.73 Å². The van der Waals surface area contributed by atoms with Crippen molar-refractivity contribution in [2.24, 2.45) is 5.10 Å². The van der Waals surface area contributed by atoms with Crippen molar-refractivity contribution in [3.63, 3.8) is 0 Å². The van der Waals surface area contributed by atoms with Gasteiger partial charge < -0.3 is 5.73 Å². The zero-order valence-corrected chi connectivity index (χ0v) is 15.8. The number of aromatic nitrogens is 6. The molecule has 0 aromatic carbocycles. The first-order valence-electron chi connectivity index (χ1n) is 9.14. The van der Waals surface area contributed by atoms with Crippen LogP contribution in [0, 0.1) is 0 Å². The zero-order chi connectivity index (χ0) is 20.2. The smallest absolute Gasteiger partial charge is 0.292 e. The fourth-order valence-electron chi connectivity index (χ4n) is 3.11. The molecule has 3 N–H and O–H groups in total. The van der Waals surface area contributed by atoms with Gasteiger partial charge in [-0.25, -0.2) is 10.1 Å². The maximum absolute atomic E-state index is 13.0. The fourth-order valence-corrected chi connectivity index (χ4v) is 3.11. The van der Waals surface area contributed by atoms with Gasteiger partial charge in [-0.1, -0.05) is 11.3 Å². The van der Waals surface area contributed by atoms with Crippen LogP contribution in [0.3, 0.4) is 0 Å². The number of likely N-dealkylation sites (tertiary alicyclic amines) is 1. The van der Waals surface area contributed by atoms with E-state index in [0.29, 0.717) is 18.0 Å². The van der Waals surface area contributed by atoms with Crippen molar-refractivity contribution < 1.29 is 9.42 Å². The summed E-state index contributed by atoms with van der Waals surface area (Å²) < 4.78 is 5.87. The van der Waals surface area contributed by atoms with Gasteiger partial charge in [0, 0.05) is 24.5 Å². The number of hydrogen-bond acceptors (Lipinski definition) is 10. The third kappa shape index (κ3) is 3.96. The van der Waals surface area contributed by atoms with Gasteiger partial charge in [0.1, 0.15) is 5.69 Å². The van der Waals surface area contributed by atoms with Gasteiger partial charge >= 0.3 is 0 Å². The maximum atomic E-state index is 13.0. The van der Waals surface area contributed by atoms with Gasteiger partial charge in [-0.3, -0.25) is 14.7 Å². The molecular weight excluding hydrogens is 376 g/mol. The molecule has 1 amide bonds. The SMILES string of the molecule is CC(=NNC(=O)c1c(CN2CCCC2)nnn1-c1nonc1N)c1cccnc1. The molecule has 3 aromatic heterocycles. The lowest BCUT2D eigenvalue weighted by Gasteiger charge is -2.13. The second-order valence-electron chi connectivity index (χ2n) is 6.63. The van der Waals surface area contributed by atoms with Gasteiger partial charge in [-0.15, -0.1) is 5.10 Å². The number of carbonyl (C=O) groups is 1. The molecule has 1 fully saturated rings. The highest BCUT2D eigenvalue weighted by Crippen LogP contribution is 2.19. The quantitative estimate of drug-likeness (QED) is 0.444. The summed E-state index contributed by atoms with van der Waals surface area (Å²) >= 11 is 0. The van der Waals surface area contributed by atoms with E-state index < -0.39 is 5.91 Å². The molecule has 4 rings (SSSR count). The molecule has 29 heavy (non-hydrogen) atoms. The summed E-state index contributed by atoms with van der Waals surface area (Å²) in [7, 11) is 0. The molecular formula is C17H20N10O2. The van der Waals surface area contributed by atoms with Crippen molar-refractivity contribution in [1.29, 1.82) is 0 Å². The molecule has 1 aliphatic heterocycles. The summed E-state index contributed by atoms with van der Waals surface area (Å²) in [6.07, 6.45) is 5.56. The summed E-state index contributed by atoms with van der Waals surface area (Å²) in [6, 6.07) is 3.65. The molecule has 4 heterocycles. The number of rotatable bonds is 6. The zero-order valence-electron chi connectivity index (χ0n) is 15.8. The van der Waals surface area contributed by atoms with Crippen molar-refractivity contribution >= 4 is 17.4 Å². The summed E-state index contributed by atoms with van der Waals surface area (Å²) in [4.78, 5) is 19.2. The third-order valence-corrected chi connectivity index (χ3v) is 4.63. The van der Waals surface area contributed by atoms with Crippen LogP contribution < -0.4 is 11.2 Å². The van der Waals surface area contributed by atoms with Crippen LogP contribution in [0.1, 0.15) is 41.5 Å². The van der Waals surface area contributed by atoms with Crippen molar-refractivity contribution in [3.05, 3.63) is 41.5 Å². The topological polar surface area (TPSA) is 153 Å². The average Bonchev–Trinajstić information content (AvgIpc) is 3.48. The minimum atomic E-state index is -0.491. The molecule has 0 atom stereocenters. The molecule has 0 spiro atoms. The number of nitrogens with one attached hydrogen (secondary N) is 1. The highest BCUT2D eigenvalue weighted by molar-refractivity contribution is 6.00. The number of amides is 1. The first-order valence-corrected chi connectivity index (χ1v) is 9.14. The number of nitrogens with two attached hydrogens (primary N) is 1. The van der Waals surface area contributed by atoms with Gasteiger partial charge in [0.05, 0.1) is 5.71 Å². The van der Waals surface area contributed by atoms with Crippen molar-refractivity contribution in [1.82, 2.24) is 40.6 Å². The molecule has 0 bridgehead atoms. The Kier molecular flexibility index (Phi) is 5.24. The van der Waals surface area contributed by atoms with Crippen LogP contribution in [0.15, 0.2) is 34.3 Å². The highest BCUT2D eigenvalue weighted by atomic mass is 16.6. The van der Waals surface area contributed by atoms with Crippen LogP contribution >= 0.6 is 0 Å². The number of anilines is 1. The van der Waals surface area contributed by atoms with E-state index in [2.05, 4.69) is 45.7 Å². The van der Waals surface area contributed by atoms with E-state index in [0.717, 1.165) is 31.5 Å². The van der Waals surface area contributed by atoms with E-state index in [-0.39, 0.29) is 17.3 Å². The molecule has 1 aliphatic rings. The standard InChI is InChI=1S/C17H20N10O2/c1-11(12-5-4-6-19-9-12)20-22-17(28)14-13(10-26-7-2-3-8-26)21-25-27(14)16-15(18)23-29-24-16/h4-6,9H,2-3,7-8,10H2,1H3,(H2,18,23)(H,22,28). The minimum Gasteiger partial charge on any atom is -0.378 e. The van der Waals surface area contributed by atoms with Crippen molar-refractivity contribution in [2.75, 3.05) is 18.8 Å². The largest absolute Gasteiger partial charge is 0.378 e. The Labute approximate surface area is 165 Å². The fraction of sp³-hybridized carbons (Fsp3) is 0.353. The monoisotopic (exact) mass is 396 g/mol. The van der Waals surface area contributed by atoms with Gasteiger partial charge in [0.15, 0.2) is 5.69 Å². The number of hydrazone groups is 1. The molecule has 12 heteroatoms. The van der Waals surface area contributed by atoms with Gasteiger partial charge in [0.25, 0.3) is 5.91 Å². The molecule has 150 valence electrons. The van der Waals surface area contributed by atoms with Gasteiger partial charge in [-0.05, 0) is 49.2 Å². The van der Waals surface area contributed by atoms with Gasteiger partial charge in [0.2, 0.25) is 11.6 Å². The molecule has 12 nitrogen and oxygen atoms in total. The lowest BCUT2D eigenvalue weighted by molar-refractivity contribution is 0.0945. The molecule has 0 radical (unpaired) electrons. The lowest BCUT2D eigenvalue weighted by Crippen LogP contribution is -2.26. The van der Waals surface area contributed by atoms with Crippen LogP contribution in [0.2, 0.25) is 0 Å². The number of nitrogen functional groups attached to an aromatic ring is 1. The molecule has 0 saturated carbocycles. The number of pyridine rings is 1. The van der Waals surface area contributed by atoms with Crippen LogP contribution in [-0.4, -0.2) is 59.9 Å². The van der Waals surface area contributed by atoms with Crippen LogP contribution in [0.4, 0.5) is 5.82 Å². The average molecular weight is 396 g/mol. The molecule has 0 aliphatic carbocycles. The van der Waals surface area contributed by atoms with E-state index in [9.17, 15) is 4.79 Å².